The summed E-state index contributed by atoms with van der Waals surface area (Å²) in [6, 6.07) is 1.56. The van der Waals surface area contributed by atoms with Crippen LogP contribution < -0.4 is 5.73 Å². The van der Waals surface area contributed by atoms with Gasteiger partial charge in [0.15, 0.2) is 5.16 Å². The minimum absolute atomic E-state index is 0.279. The second-order valence-corrected chi connectivity index (χ2v) is 4.73. The van der Waals surface area contributed by atoms with Crippen molar-refractivity contribution in [1.82, 2.24) is 15.0 Å². The highest BCUT2D eigenvalue weighted by molar-refractivity contribution is 7.99. The van der Waals surface area contributed by atoms with Crippen molar-refractivity contribution in [3.63, 3.8) is 0 Å². The number of rotatable bonds is 3. The van der Waals surface area contributed by atoms with Crippen molar-refractivity contribution in [1.29, 1.82) is 0 Å². The van der Waals surface area contributed by atoms with Crippen molar-refractivity contribution < 1.29 is 9.53 Å². The van der Waals surface area contributed by atoms with Gasteiger partial charge < -0.3 is 10.5 Å². The summed E-state index contributed by atoms with van der Waals surface area (Å²) in [7, 11) is 1.30. The number of ether oxygens (including phenoxy) is 1. The zero-order valence-corrected chi connectivity index (χ0v) is 11.3. The van der Waals surface area contributed by atoms with Gasteiger partial charge in [-0.25, -0.2) is 19.7 Å². The van der Waals surface area contributed by atoms with Crippen LogP contribution in [-0.2, 0) is 4.74 Å². The first-order valence-corrected chi connectivity index (χ1v) is 6.22. The van der Waals surface area contributed by atoms with E-state index in [1.807, 2.05) is 6.92 Å². The van der Waals surface area contributed by atoms with Crippen molar-refractivity contribution in [2.45, 2.75) is 17.1 Å². The van der Waals surface area contributed by atoms with Gasteiger partial charge in [0.25, 0.3) is 0 Å². The van der Waals surface area contributed by atoms with Gasteiger partial charge in [0.1, 0.15) is 5.03 Å². The summed E-state index contributed by atoms with van der Waals surface area (Å²) in [6.07, 6.45) is 4.85. The maximum absolute atomic E-state index is 11.5. The average molecular weight is 276 g/mol. The summed E-state index contributed by atoms with van der Waals surface area (Å²) < 4.78 is 4.65. The Balaban J connectivity index is 2.26. The highest BCUT2D eigenvalue weighted by atomic mass is 32.2. The van der Waals surface area contributed by atoms with Crippen LogP contribution in [0.1, 0.15) is 15.9 Å². The fraction of sp³-hybridized carbons (Fsp3) is 0.167. The SMILES string of the molecule is COC(=O)c1cc(Sc2ncc(C)cn2)ncc1N. The van der Waals surface area contributed by atoms with Gasteiger partial charge in [-0.3, -0.25) is 0 Å². The number of hydrogen-bond donors (Lipinski definition) is 1. The molecule has 0 aromatic carbocycles. The summed E-state index contributed by atoms with van der Waals surface area (Å²) in [5.41, 5.74) is 7.22. The third-order valence-electron chi connectivity index (χ3n) is 2.27. The summed E-state index contributed by atoms with van der Waals surface area (Å²) in [5, 5.41) is 1.14. The lowest BCUT2D eigenvalue weighted by atomic mass is 10.2. The molecule has 0 aliphatic rings. The van der Waals surface area contributed by atoms with E-state index in [4.69, 9.17) is 5.73 Å². The van der Waals surface area contributed by atoms with Crippen LogP contribution in [0.4, 0.5) is 5.69 Å². The predicted molar refractivity (Wildman–Crippen MR) is 70.9 cm³/mol. The van der Waals surface area contributed by atoms with Gasteiger partial charge in [-0.05, 0) is 30.3 Å². The van der Waals surface area contributed by atoms with Gasteiger partial charge >= 0.3 is 5.97 Å². The van der Waals surface area contributed by atoms with Crippen molar-refractivity contribution >= 4 is 23.4 Å². The Morgan fingerprint density at radius 1 is 1.26 bits per heavy atom. The molecule has 98 valence electrons. The number of nitrogens with zero attached hydrogens (tertiary/aromatic N) is 3. The summed E-state index contributed by atoms with van der Waals surface area (Å²) in [5.74, 6) is -0.494. The minimum atomic E-state index is -0.494. The van der Waals surface area contributed by atoms with Gasteiger partial charge in [0.2, 0.25) is 0 Å². The Kier molecular flexibility index (Phi) is 3.96. The summed E-state index contributed by atoms with van der Waals surface area (Å²) in [6.45, 7) is 1.91. The lowest BCUT2D eigenvalue weighted by Crippen LogP contribution is -2.06. The first kappa shape index (κ1) is 13.3. The van der Waals surface area contributed by atoms with E-state index < -0.39 is 5.97 Å². The van der Waals surface area contributed by atoms with Gasteiger partial charge in [-0.1, -0.05) is 0 Å². The third-order valence-corrected chi connectivity index (χ3v) is 3.09. The highest BCUT2D eigenvalue weighted by Gasteiger charge is 2.12. The maximum Gasteiger partial charge on any atom is 0.340 e. The molecule has 6 nitrogen and oxygen atoms in total. The van der Waals surface area contributed by atoms with Crippen molar-refractivity contribution in [2.75, 3.05) is 12.8 Å². The van der Waals surface area contributed by atoms with E-state index in [-0.39, 0.29) is 11.3 Å². The monoisotopic (exact) mass is 276 g/mol. The number of aryl methyl sites for hydroxylation is 1. The van der Waals surface area contributed by atoms with E-state index >= 15 is 0 Å². The average Bonchev–Trinajstić information content (AvgIpc) is 2.42. The van der Waals surface area contributed by atoms with E-state index in [1.54, 1.807) is 18.5 Å². The van der Waals surface area contributed by atoms with E-state index in [2.05, 4.69) is 19.7 Å². The number of nitrogens with two attached hydrogens (primary N) is 1. The molecule has 2 rings (SSSR count). The molecule has 0 aliphatic carbocycles. The van der Waals surface area contributed by atoms with E-state index in [1.165, 1.54) is 25.1 Å². The molecule has 0 radical (unpaired) electrons. The molecular formula is C12H12N4O2S. The van der Waals surface area contributed by atoms with Crippen molar-refractivity contribution in [2.24, 2.45) is 0 Å². The number of pyridine rings is 1. The molecular weight excluding hydrogens is 264 g/mol. The van der Waals surface area contributed by atoms with Crippen LogP contribution in [0.3, 0.4) is 0 Å². The normalized spacial score (nSPS) is 10.2. The maximum atomic E-state index is 11.5. The molecule has 0 spiro atoms. The van der Waals surface area contributed by atoms with Crippen LogP contribution in [0.2, 0.25) is 0 Å². The van der Waals surface area contributed by atoms with Crippen LogP contribution in [0.15, 0.2) is 34.8 Å². The Labute approximate surface area is 114 Å². The van der Waals surface area contributed by atoms with Gasteiger partial charge in [-0.2, -0.15) is 0 Å². The summed E-state index contributed by atoms with van der Waals surface area (Å²) in [4.78, 5) is 23.9. The predicted octanol–water partition coefficient (Wildman–Crippen LogP) is 1.70. The lowest BCUT2D eigenvalue weighted by molar-refractivity contribution is 0.0601. The molecule has 2 N–H and O–H groups in total. The highest BCUT2D eigenvalue weighted by Crippen LogP contribution is 2.25. The Hall–Kier alpha value is -2.15. The number of esters is 1. The van der Waals surface area contributed by atoms with E-state index in [0.29, 0.717) is 10.2 Å². The van der Waals surface area contributed by atoms with Gasteiger partial charge in [0, 0.05) is 12.4 Å². The lowest BCUT2D eigenvalue weighted by Gasteiger charge is -2.05. The molecule has 2 aromatic rings. The molecule has 19 heavy (non-hydrogen) atoms. The quantitative estimate of drug-likeness (QED) is 0.673. The number of methoxy groups -OCH3 is 1. The molecule has 0 saturated heterocycles. The molecule has 0 saturated carbocycles. The number of aromatic nitrogens is 3. The molecule has 0 unspecified atom stereocenters. The molecule has 0 amide bonds. The molecule has 2 heterocycles. The van der Waals surface area contributed by atoms with Crippen LogP contribution in [0.5, 0.6) is 0 Å². The number of anilines is 1. The van der Waals surface area contributed by atoms with Gasteiger partial charge in [-0.15, -0.1) is 0 Å². The molecule has 0 fully saturated rings. The summed E-state index contributed by atoms with van der Waals surface area (Å²) >= 11 is 1.25. The molecule has 0 atom stereocenters. The fourth-order valence-electron chi connectivity index (χ4n) is 1.32. The Morgan fingerprint density at radius 2 is 1.95 bits per heavy atom. The van der Waals surface area contributed by atoms with Crippen LogP contribution >= 0.6 is 11.8 Å². The van der Waals surface area contributed by atoms with Crippen molar-refractivity contribution in [3.8, 4) is 0 Å². The molecule has 0 aliphatic heterocycles. The Bertz CT molecular complexity index is 601. The third kappa shape index (κ3) is 3.19. The minimum Gasteiger partial charge on any atom is -0.465 e. The fourth-order valence-corrected chi connectivity index (χ4v) is 2.00. The topological polar surface area (TPSA) is 91.0 Å². The van der Waals surface area contributed by atoms with Crippen LogP contribution in [0.25, 0.3) is 0 Å². The van der Waals surface area contributed by atoms with E-state index in [9.17, 15) is 4.79 Å². The van der Waals surface area contributed by atoms with Crippen molar-refractivity contribution in [3.05, 3.63) is 35.8 Å². The second-order valence-electron chi connectivity index (χ2n) is 3.75. The van der Waals surface area contributed by atoms with Crippen LogP contribution in [0, 0.1) is 6.92 Å². The first-order chi connectivity index (χ1) is 9.10. The number of hydrogen-bond acceptors (Lipinski definition) is 7. The number of carbonyl (C=O) groups excluding carboxylic acids is 1. The van der Waals surface area contributed by atoms with Crippen LogP contribution in [-0.4, -0.2) is 28.0 Å². The zero-order chi connectivity index (χ0) is 13.8. The zero-order valence-electron chi connectivity index (χ0n) is 10.5. The molecule has 7 heteroatoms. The standard InChI is InChI=1S/C12H12N4O2S/c1-7-4-15-12(16-5-7)19-10-3-8(11(17)18-2)9(13)6-14-10/h3-6H,13H2,1-2H3. The smallest absolute Gasteiger partial charge is 0.340 e. The molecule has 0 bridgehead atoms. The van der Waals surface area contributed by atoms with E-state index in [0.717, 1.165) is 5.56 Å². The Morgan fingerprint density at radius 3 is 2.58 bits per heavy atom. The largest absolute Gasteiger partial charge is 0.465 e. The molecule has 2 aromatic heterocycles. The number of carbonyl (C=O) groups is 1. The van der Waals surface area contributed by atoms with Gasteiger partial charge in [0.05, 0.1) is 24.6 Å². The number of nitrogen functional groups attached to an aromatic ring is 1. The second kappa shape index (κ2) is 5.66. The first-order valence-electron chi connectivity index (χ1n) is 5.40.